The van der Waals surface area contributed by atoms with E-state index in [1.807, 2.05) is 0 Å². The minimum atomic E-state index is -0.114. The van der Waals surface area contributed by atoms with Crippen molar-refractivity contribution in [3.05, 3.63) is 78.1 Å². The molecule has 1 aromatic heterocycles. The Balaban J connectivity index is 1.53. The van der Waals surface area contributed by atoms with Gasteiger partial charge in [0.1, 0.15) is 12.0 Å². The molecule has 0 amide bonds. The third-order valence-corrected chi connectivity index (χ3v) is 5.57. The van der Waals surface area contributed by atoms with Gasteiger partial charge in [-0.2, -0.15) is 0 Å². The van der Waals surface area contributed by atoms with Crippen molar-refractivity contribution in [2.75, 3.05) is 42.1 Å². The number of nitrogens with two attached hydrogens (primary N) is 1. The molecule has 0 aliphatic carbocycles. The van der Waals surface area contributed by atoms with Crippen LogP contribution in [0.2, 0.25) is 0 Å². The summed E-state index contributed by atoms with van der Waals surface area (Å²) in [4.78, 5) is 13.7. The van der Waals surface area contributed by atoms with Crippen molar-refractivity contribution >= 4 is 17.3 Å². The molecule has 0 saturated carbocycles. The molecule has 1 aliphatic rings. The summed E-state index contributed by atoms with van der Waals surface area (Å²) in [7, 11) is 0. The highest BCUT2D eigenvalue weighted by molar-refractivity contribution is 5.75. The van der Waals surface area contributed by atoms with Crippen molar-refractivity contribution in [2.45, 2.75) is 32.4 Å². The van der Waals surface area contributed by atoms with Crippen LogP contribution in [0, 0.1) is 0 Å². The molecule has 0 radical (unpaired) electrons. The molecular weight excluding hydrogens is 384 g/mol. The highest BCUT2D eigenvalue weighted by Crippen LogP contribution is 2.32. The summed E-state index contributed by atoms with van der Waals surface area (Å²) in [5, 5.41) is 3.39. The molecule has 0 bridgehead atoms. The van der Waals surface area contributed by atoms with Gasteiger partial charge in [0.2, 0.25) is 0 Å². The zero-order valence-corrected chi connectivity index (χ0v) is 18.6. The molecule has 0 atom stereocenters. The van der Waals surface area contributed by atoms with Crippen molar-refractivity contribution in [3.8, 4) is 0 Å². The number of hydrogen-bond donors (Lipinski definition) is 2. The fourth-order valence-electron chi connectivity index (χ4n) is 4.17. The Bertz CT molecular complexity index is 936. The van der Waals surface area contributed by atoms with E-state index in [-0.39, 0.29) is 11.6 Å². The molecule has 1 saturated heterocycles. The van der Waals surface area contributed by atoms with Gasteiger partial charge < -0.3 is 16.0 Å². The zero-order valence-electron chi connectivity index (χ0n) is 18.6. The van der Waals surface area contributed by atoms with Gasteiger partial charge in [-0.05, 0) is 31.9 Å². The highest BCUT2D eigenvalue weighted by Gasteiger charge is 2.28. The summed E-state index contributed by atoms with van der Waals surface area (Å²) >= 11 is 0. The van der Waals surface area contributed by atoms with Gasteiger partial charge >= 0.3 is 0 Å². The average Bonchev–Trinajstić information content (AvgIpc) is 2.77. The molecule has 3 N–H and O–H groups in total. The second-order valence-electron chi connectivity index (χ2n) is 9.08. The first kappa shape index (κ1) is 21.1. The van der Waals surface area contributed by atoms with Crippen LogP contribution in [0.1, 0.15) is 37.9 Å². The number of nitrogens with one attached hydrogen (secondary N) is 1. The normalized spacial score (nSPS) is 15.3. The summed E-state index contributed by atoms with van der Waals surface area (Å²) in [6.45, 7) is 9.89. The Kier molecular flexibility index (Phi) is 6.09. The van der Waals surface area contributed by atoms with Gasteiger partial charge in [0.15, 0.2) is 11.6 Å². The Morgan fingerprint density at radius 1 is 0.839 bits per heavy atom. The van der Waals surface area contributed by atoms with E-state index >= 15 is 0 Å². The Labute approximate surface area is 185 Å². The van der Waals surface area contributed by atoms with E-state index in [4.69, 9.17) is 5.73 Å². The molecule has 3 aromatic rings. The first-order valence-corrected chi connectivity index (χ1v) is 10.9. The molecule has 6 heteroatoms. The first-order valence-electron chi connectivity index (χ1n) is 10.9. The maximum atomic E-state index is 6.46. The third kappa shape index (κ3) is 4.97. The molecular formula is C25H32N6. The summed E-state index contributed by atoms with van der Waals surface area (Å²) in [6, 6.07) is 21.7. The number of aromatic nitrogens is 2. The first-order chi connectivity index (χ1) is 14.9. The number of hydrogen-bond acceptors (Lipinski definition) is 6. The third-order valence-electron chi connectivity index (χ3n) is 5.57. The van der Waals surface area contributed by atoms with E-state index in [1.165, 1.54) is 11.1 Å². The van der Waals surface area contributed by atoms with E-state index in [1.54, 1.807) is 6.33 Å². The minimum absolute atomic E-state index is 0.114. The van der Waals surface area contributed by atoms with Crippen LogP contribution < -0.4 is 16.0 Å². The smallest absolute Gasteiger partial charge is 0.157 e. The van der Waals surface area contributed by atoms with Crippen molar-refractivity contribution in [1.29, 1.82) is 0 Å². The SMILES string of the molecule is CC(C)(C)Nc1ncnc(N2CCN(C(c3ccccc3)c3ccccc3)CC2)c1N. The van der Waals surface area contributed by atoms with Crippen LogP contribution in [0.25, 0.3) is 0 Å². The monoisotopic (exact) mass is 416 g/mol. The van der Waals surface area contributed by atoms with Crippen LogP contribution in [0.4, 0.5) is 17.3 Å². The van der Waals surface area contributed by atoms with Crippen LogP contribution in [0.15, 0.2) is 67.0 Å². The van der Waals surface area contributed by atoms with Gasteiger partial charge in [-0.3, -0.25) is 4.90 Å². The van der Waals surface area contributed by atoms with Gasteiger partial charge in [0.05, 0.1) is 6.04 Å². The maximum Gasteiger partial charge on any atom is 0.157 e. The summed E-state index contributed by atoms with van der Waals surface area (Å²) in [5.74, 6) is 1.52. The number of benzene rings is 2. The largest absolute Gasteiger partial charge is 0.393 e. The van der Waals surface area contributed by atoms with E-state index < -0.39 is 0 Å². The van der Waals surface area contributed by atoms with Crippen LogP contribution in [-0.4, -0.2) is 46.6 Å². The molecule has 0 spiro atoms. The van der Waals surface area contributed by atoms with Gasteiger partial charge in [0, 0.05) is 31.7 Å². The fourth-order valence-corrected chi connectivity index (χ4v) is 4.17. The van der Waals surface area contributed by atoms with Gasteiger partial charge in [-0.15, -0.1) is 0 Å². The molecule has 4 rings (SSSR count). The maximum absolute atomic E-state index is 6.46. The minimum Gasteiger partial charge on any atom is -0.393 e. The molecule has 31 heavy (non-hydrogen) atoms. The number of nitrogens with zero attached hydrogens (tertiary/aromatic N) is 4. The van der Waals surface area contributed by atoms with Crippen molar-refractivity contribution in [2.24, 2.45) is 0 Å². The van der Waals surface area contributed by atoms with E-state index in [2.05, 4.69) is 107 Å². The molecule has 1 aliphatic heterocycles. The summed E-state index contributed by atoms with van der Waals surface area (Å²) in [5.41, 5.74) is 9.60. The zero-order chi connectivity index (χ0) is 21.8. The van der Waals surface area contributed by atoms with Crippen LogP contribution in [0.5, 0.6) is 0 Å². The van der Waals surface area contributed by atoms with Gasteiger partial charge in [-0.1, -0.05) is 60.7 Å². The predicted octanol–water partition coefficient (Wildman–Crippen LogP) is 4.18. The summed E-state index contributed by atoms with van der Waals surface area (Å²) < 4.78 is 0. The van der Waals surface area contributed by atoms with Crippen molar-refractivity contribution in [1.82, 2.24) is 14.9 Å². The quantitative estimate of drug-likeness (QED) is 0.650. The Hall–Kier alpha value is -3.12. The Morgan fingerprint density at radius 2 is 1.39 bits per heavy atom. The van der Waals surface area contributed by atoms with Crippen LogP contribution >= 0.6 is 0 Å². The van der Waals surface area contributed by atoms with Gasteiger partial charge in [-0.25, -0.2) is 9.97 Å². The standard InChI is InChI=1S/C25H32N6/c1-25(2,3)29-23-21(26)24(28-18-27-23)31-16-14-30(15-17-31)22(19-10-6-4-7-11-19)20-12-8-5-9-13-20/h4-13,18,22H,14-17,26H2,1-3H3,(H,27,28,29). The number of piperazine rings is 1. The lowest BCUT2D eigenvalue weighted by atomic mass is 9.96. The molecule has 0 unspecified atom stereocenters. The molecule has 2 heterocycles. The van der Waals surface area contributed by atoms with Crippen LogP contribution in [0.3, 0.4) is 0 Å². The number of anilines is 3. The topological polar surface area (TPSA) is 70.3 Å². The average molecular weight is 417 g/mol. The number of rotatable bonds is 5. The molecule has 162 valence electrons. The van der Waals surface area contributed by atoms with Crippen molar-refractivity contribution in [3.63, 3.8) is 0 Å². The Morgan fingerprint density at radius 3 is 1.90 bits per heavy atom. The highest BCUT2D eigenvalue weighted by atomic mass is 15.3. The molecule has 2 aromatic carbocycles. The fraction of sp³-hybridized carbons (Fsp3) is 0.360. The second-order valence-corrected chi connectivity index (χ2v) is 9.08. The van der Waals surface area contributed by atoms with E-state index in [0.29, 0.717) is 11.5 Å². The van der Waals surface area contributed by atoms with Gasteiger partial charge in [0.25, 0.3) is 0 Å². The second kappa shape index (κ2) is 8.94. The van der Waals surface area contributed by atoms with E-state index in [0.717, 1.165) is 32.0 Å². The molecule has 1 fully saturated rings. The lowest BCUT2D eigenvalue weighted by molar-refractivity contribution is 0.212. The lowest BCUT2D eigenvalue weighted by Crippen LogP contribution is -2.48. The van der Waals surface area contributed by atoms with Crippen LogP contribution in [-0.2, 0) is 0 Å². The molecule has 6 nitrogen and oxygen atoms in total. The van der Waals surface area contributed by atoms with Crippen molar-refractivity contribution < 1.29 is 0 Å². The lowest BCUT2D eigenvalue weighted by Gasteiger charge is -2.40. The number of nitrogen functional groups attached to an aromatic ring is 1. The van der Waals surface area contributed by atoms with E-state index in [9.17, 15) is 0 Å². The summed E-state index contributed by atoms with van der Waals surface area (Å²) in [6.07, 6.45) is 1.60. The predicted molar refractivity (Wildman–Crippen MR) is 128 cm³/mol.